The molecule has 4 saturated carbocycles. The Morgan fingerprint density at radius 2 is 1.78 bits per heavy atom. The number of pyridine rings is 1. The van der Waals surface area contributed by atoms with Crippen LogP contribution in [0.5, 0.6) is 0 Å². The van der Waals surface area contributed by atoms with Crippen LogP contribution in [0.1, 0.15) is 49.7 Å². The van der Waals surface area contributed by atoms with E-state index < -0.39 is 0 Å². The van der Waals surface area contributed by atoms with E-state index in [4.69, 9.17) is 0 Å². The normalized spacial score (nSPS) is 33.9. The molecule has 1 aromatic heterocycles. The van der Waals surface area contributed by atoms with Crippen LogP contribution in [0.4, 0.5) is 5.82 Å². The minimum atomic E-state index is -0.232. The third-order valence-electron chi connectivity index (χ3n) is 7.18. The Balaban J connectivity index is 1.46. The first-order chi connectivity index (χ1) is 13.0. The van der Waals surface area contributed by atoms with Crippen LogP contribution in [0, 0.1) is 24.2 Å². The fourth-order valence-corrected chi connectivity index (χ4v) is 6.71. The van der Waals surface area contributed by atoms with Crippen LogP contribution >= 0.6 is 15.9 Å². The first kappa shape index (κ1) is 17.4. The van der Waals surface area contributed by atoms with Crippen LogP contribution in [-0.2, 0) is 10.2 Å². The minimum Gasteiger partial charge on any atom is -0.310 e. The van der Waals surface area contributed by atoms with Gasteiger partial charge in [-0.25, -0.2) is 4.98 Å². The lowest BCUT2D eigenvalue weighted by molar-refractivity contribution is -0.143. The molecule has 1 heterocycles. The number of amides is 1. The number of nitrogens with one attached hydrogen (secondary N) is 1. The monoisotopic (exact) mass is 424 g/mol. The van der Waals surface area contributed by atoms with Crippen molar-refractivity contribution in [3.63, 3.8) is 0 Å². The molecule has 1 amide bonds. The zero-order valence-electron chi connectivity index (χ0n) is 15.7. The second-order valence-electron chi connectivity index (χ2n) is 9.20. The number of hydrogen-bond donors (Lipinski definition) is 1. The third-order valence-corrected chi connectivity index (χ3v) is 7.64. The Morgan fingerprint density at radius 1 is 1.07 bits per heavy atom. The van der Waals surface area contributed by atoms with E-state index in [-0.39, 0.29) is 16.7 Å². The summed E-state index contributed by atoms with van der Waals surface area (Å²) in [4.78, 5) is 17.8. The zero-order valence-corrected chi connectivity index (χ0v) is 17.3. The largest absolute Gasteiger partial charge is 0.310 e. The predicted octanol–water partition coefficient (Wildman–Crippen LogP) is 5.63. The molecule has 4 heteroatoms. The van der Waals surface area contributed by atoms with Gasteiger partial charge < -0.3 is 5.32 Å². The summed E-state index contributed by atoms with van der Waals surface area (Å²) in [5.74, 6) is 2.19. The molecule has 140 valence electrons. The number of nitrogens with zero attached hydrogens (tertiary/aromatic N) is 1. The SMILES string of the molecule is Cc1ccc(C23C[C@@H]4C[C@@H](CC(C(=O)Nc5ccc(Br)cn5)(C4)C2)C3)cc1. The summed E-state index contributed by atoms with van der Waals surface area (Å²) in [5.41, 5.74) is 2.70. The van der Waals surface area contributed by atoms with Crippen LogP contribution in [0.25, 0.3) is 0 Å². The molecule has 27 heavy (non-hydrogen) atoms. The van der Waals surface area contributed by atoms with Gasteiger partial charge in [-0.1, -0.05) is 29.8 Å². The lowest BCUT2D eigenvalue weighted by Crippen LogP contribution is -2.58. The molecule has 1 aromatic carbocycles. The number of aryl methyl sites for hydroxylation is 1. The molecule has 0 aliphatic heterocycles. The Kier molecular flexibility index (Phi) is 3.98. The summed E-state index contributed by atoms with van der Waals surface area (Å²) in [6.07, 6.45) is 8.61. The first-order valence-corrected chi connectivity index (χ1v) is 10.8. The first-order valence-electron chi connectivity index (χ1n) is 9.97. The summed E-state index contributed by atoms with van der Waals surface area (Å²) in [7, 11) is 0. The van der Waals surface area contributed by atoms with Crippen LogP contribution in [0.15, 0.2) is 47.1 Å². The van der Waals surface area contributed by atoms with Crippen molar-refractivity contribution in [3.8, 4) is 0 Å². The van der Waals surface area contributed by atoms with Gasteiger partial charge in [0.15, 0.2) is 0 Å². The highest BCUT2D eigenvalue weighted by atomic mass is 79.9. The van der Waals surface area contributed by atoms with E-state index in [2.05, 4.69) is 57.4 Å². The van der Waals surface area contributed by atoms with Crippen molar-refractivity contribution in [2.45, 2.75) is 50.9 Å². The van der Waals surface area contributed by atoms with Gasteiger partial charge in [0.25, 0.3) is 0 Å². The molecule has 2 unspecified atom stereocenters. The maximum absolute atomic E-state index is 13.4. The van der Waals surface area contributed by atoms with Gasteiger partial charge in [-0.3, -0.25) is 4.79 Å². The van der Waals surface area contributed by atoms with Crippen molar-refractivity contribution >= 4 is 27.7 Å². The molecular weight excluding hydrogens is 400 g/mol. The van der Waals surface area contributed by atoms with E-state index >= 15 is 0 Å². The number of rotatable bonds is 3. The highest BCUT2D eigenvalue weighted by Gasteiger charge is 2.60. The van der Waals surface area contributed by atoms with Gasteiger partial charge in [0.05, 0.1) is 5.41 Å². The molecule has 4 fully saturated rings. The van der Waals surface area contributed by atoms with Crippen LogP contribution in [0.2, 0.25) is 0 Å². The number of aromatic nitrogens is 1. The van der Waals surface area contributed by atoms with E-state index in [1.807, 2.05) is 12.1 Å². The van der Waals surface area contributed by atoms with Crippen molar-refractivity contribution in [3.05, 3.63) is 58.2 Å². The molecular formula is C23H25BrN2O. The maximum atomic E-state index is 13.4. The fraction of sp³-hybridized carbons (Fsp3) is 0.478. The summed E-state index contributed by atoms with van der Waals surface area (Å²) in [5, 5.41) is 3.13. The third kappa shape index (κ3) is 2.93. The zero-order chi connectivity index (χ0) is 18.6. The summed E-state index contributed by atoms with van der Waals surface area (Å²) in [6.45, 7) is 2.14. The van der Waals surface area contributed by atoms with Crippen molar-refractivity contribution in [1.29, 1.82) is 0 Å². The highest BCUT2D eigenvalue weighted by molar-refractivity contribution is 9.10. The Morgan fingerprint density at radius 3 is 2.41 bits per heavy atom. The van der Waals surface area contributed by atoms with Gasteiger partial charge in [-0.05, 0) is 96.3 Å². The lowest BCUT2D eigenvalue weighted by Gasteiger charge is -2.61. The summed E-state index contributed by atoms with van der Waals surface area (Å²) in [6, 6.07) is 12.9. The highest BCUT2D eigenvalue weighted by Crippen LogP contribution is 2.65. The van der Waals surface area contributed by atoms with Crippen molar-refractivity contribution in [2.24, 2.45) is 17.3 Å². The van der Waals surface area contributed by atoms with E-state index in [1.165, 1.54) is 30.4 Å². The smallest absolute Gasteiger partial charge is 0.231 e. The molecule has 6 rings (SSSR count). The quantitative estimate of drug-likeness (QED) is 0.693. The van der Waals surface area contributed by atoms with E-state index in [1.54, 1.807) is 6.20 Å². The maximum Gasteiger partial charge on any atom is 0.231 e. The van der Waals surface area contributed by atoms with Gasteiger partial charge in [0, 0.05) is 10.7 Å². The van der Waals surface area contributed by atoms with Crippen LogP contribution in [0.3, 0.4) is 0 Å². The molecule has 0 spiro atoms. The lowest BCUT2D eigenvalue weighted by atomic mass is 9.42. The van der Waals surface area contributed by atoms with Gasteiger partial charge in [0.2, 0.25) is 5.91 Å². The van der Waals surface area contributed by atoms with E-state index in [9.17, 15) is 4.79 Å². The molecule has 1 N–H and O–H groups in total. The van der Waals surface area contributed by atoms with Crippen LogP contribution < -0.4 is 5.32 Å². The second kappa shape index (κ2) is 6.16. The van der Waals surface area contributed by atoms with Crippen molar-refractivity contribution in [1.82, 2.24) is 4.98 Å². The summed E-state index contributed by atoms with van der Waals surface area (Å²) >= 11 is 3.41. The average Bonchev–Trinajstić information content (AvgIpc) is 2.63. The standard InChI is InChI=1S/C23H25BrN2O/c1-15-2-4-18(5-3-15)22-9-16-8-17(10-22)12-23(11-16,14-22)21(27)26-20-7-6-19(24)13-25-20/h2-7,13,16-17H,8-12,14H2,1H3,(H,25,26,27)/t16-,17+,22?,23?. The average molecular weight is 425 g/mol. The van der Waals surface area contributed by atoms with Crippen molar-refractivity contribution < 1.29 is 4.79 Å². The number of anilines is 1. The van der Waals surface area contributed by atoms with E-state index in [0.717, 1.165) is 23.7 Å². The number of carbonyl (C=O) groups is 1. The minimum absolute atomic E-state index is 0.183. The van der Waals surface area contributed by atoms with Crippen LogP contribution in [-0.4, -0.2) is 10.9 Å². The Labute approximate surface area is 169 Å². The molecule has 3 nitrogen and oxygen atoms in total. The van der Waals surface area contributed by atoms with Gasteiger partial charge in [-0.2, -0.15) is 0 Å². The molecule has 4 atom stereocenters. The topological polar surface area (TPSA) is 42.0 Å². The van der Waals surface area contributed by atoms with Crippen molar-refractivity contribution in [2.75, 3.05) is 5.32 Å². The fourth-order valence-electron chi connectivity index (χ4n) is 6.47. The summed E-state index contributed by atoms with van der Waals surface area (Å²) < 4.78 is 0.925. The predicted molar refractivity (Wildman–Crippen MR) is 111 cm³/mol. The second-order valence-corrected chi connectivity index (χ2v) is 10.1. The van der Waals surface area contributed by atoms with Gasteiger partial charge >= 0.3 is 0 Å². The van der Waals surface area contributed by atoms with Gasteiger partial charge in [0.1, 0.15) is 5.82 Å². The number of halogens is 1. The number of benzene rings is 1. The molecule has 4 bridgehead atoms. The molecule has 0 radical (unpaired) electrons. The molecule has 4 aliphatic rings. The van der Waals surface area contributed by atoms with E-state index in [0.29, 0.717) is 17.7 Å². The molecule has 0 saturated heterocycles. The number of hydrogen-bond acceptors (Lipinski definition) is 2. The molecule has 4 aliphatic carbocycles. The molecule has 2 aromatic rings. The van der Waals surface area contributed by atoms with Gasteiger partial charge in [-0.15, -0.1) is 0 Å². The Hall–Kier alpha value is -1.68. The number of carbonyl (C=O) groups excluding carboxylic acids is 1. The Bertz CT molecular complexity index is 860.